The summed E-state index contributed by atoms with van der Waals surface area (Å²) in [5.41, 5.74) is 1.54. The van der Waals surface area contributed by atoms with E-state index in [4.69, 9.17) is 9.47 Å². The highest BCUT2D eigenvalue weighted by molar-refractivity contribution is 7.89. The number of piperazine rings is 1. The lowest BCUT2D eigenvalue weighted by atomic mass is 10.2. The van der Waals surface area contributed by atoms with Crippen LogP contribution in [0.5, 0.6) is 11.5 Å². The molecule has 2 aromatic rings. The van der Waals surface area contributed by atoms with Crippen molar-refractivity contribution in [2.75, 3.05) is 57.6 Å². The van der Waals surface area contributed by atoms with E-state index >= 15 is 0 Å². The van der Waals surface area contributed by atoms with E-state index in [9.17, 15) is 13.2 Å². The fourth-order valence-electron chi connectivity index (χ4n) is 3.53. The number of nitrogens with zero attached hydrogens (tertiary/aromatic N) is 2. The van der Waals surface area contributed by atoms with E-state index in [2.05, 4.69) is 10.2 Å². The normalized spacial score (nSPS) is 14.8. The highest BCUT2D eigenvalue weighted by Gasteiger charge is 2.26. The van der Waals surface area contributed by atoms with Crippen LogP contribution in [-0.4, -0.2) is 71.3 Å². The van der Waals surface area contributed by atoms with Gasteiger partial charge in [-0.15, -0.1) is 0 Å². The van der Waals surface area contributed by atoms with Crippen LogP contribution in [-0.2, 0) is 10.0 Å². The number of para-hydroxylation sites is 1. The zero-order valence-electron chi connectivity index (χ0n) is 17.9. The molecular weight excluding hydrogens is 418 g/mol. The Hall–Kier alpha value is -2.78. The van der Waals surface area contributed by atoms with Crippen molar-refractivity contribution in [3.8, 4) is 11.5 Å². The molecule has 0 saturated carbocycles. The molecule has 1 amide bonds. The van der Waals surface area contributed by atoms with Crippen molar-refractivity contribution in [2.24, 2.45) is 0 Å². The van der Waals surface area contributed by atoms with Gasteiger partial charge in [0.25, 0.3) is 5.91 Å². The highest BCUT2D eigenvalue weighted by Crippen LogP contribution is 2.27. The minimum Gasteiger partial charge on any atom is -0.493 e. The topological polar surface area (TPSA) is 88.2 Å². The number of sulfonamides is 1. The zero-order chi connectivity index (χ0) is 22.3. The second-order valence-corrected chi connectivity index (χ2v) is 9.31. The molecule has 1 aliphatic rings. The van der Waals surface area contributed by atoms with Gasteiger partial charge in [-0.05, 0) is 36.8 Å². The van der Waals surface area contributed by atoms with E-state index in [1.54, 1.807) is 22.5 Å². The van der Waals surface area contributed by atoms with E-state index in [0.29, 0.717) is 49.7 Å². The maximum absolute atomic E-state index is 12.7. The molecule has 0 radical (unpaired) electrons. The fraction of sp³-hybridized carbons (Fsp3) is 0.409. The number of ether oxygens (including phenoxy) is 2. The van der Waals surface area contributed by atoms with Crippen LogP contribution in [0, 0.1) is 0 Å². The molecule has 1 fully saturated rings. The molecule has 1 heterocycles. The standard InChI is InChI=1S/C22H29N3O5S/c1-29-20-10-9-18(17-21(20)30-2)22(26)23-11-6-16-31(27,28)25-14-12-24(13-15-25)19-7-4-3-5-8-19/h3-5,7-10,17H,6,11-16H2,1-2H3,(H,23,26). The van der Waals surface area contributed by atoms with Gasteiger partial charge in [0.1, 0.15) is 0 Å². The third-order valence-corrected chi connectivity index (χ3v) is 7.22. The van der Waals surface area contributed by atoms with Crippen LogP contribution in [0.4, 0.5) is 5.69 Å². The minimum absolute atomic E-state index is 0.00451. The quantitative estimate of drug-likeness (QED) is 0.592. The van der Waals surface area contributed by atoms with E-state index in [1.807, 2.05) is 30.3 Å². The van der Waals surface area contributed by atoms with Crippen LogP contribution in [0.3, 0.4) is 0 Å². The summed E-state index contributed by atoms with van der Waals surface area (Å²) < 4.78 is 37.2. The third-order valence-electron chi connectivity index (χ3n) is 5.26. The average Bonchev–Trinajstić information content (AvgIpc) is 2.81. The molecule has 1 aliphatic heterocycles. The molecule has 0 aliphatic carbocycles. The summed E-state index contributed by atoms with van der Waals surface area (Å²) in [6.07, 6.45) is 0.347. The van der Waals surface area contributed by atoms with Crippen LogP contribution in [0.2, 0.25) is 0 Å². The lowest BCUT2D eigenvalue weighted by Gasteiger charge is -2.35. The molecule has 0 atom stereocenters. The summed E-state index contributed by atoms with van der Waals surface area (Å²) in [4.78, 5) is 14.5. The Labute approximate surface area is 183 Å². The Balaban J connectivity index is 1.44. The largest absolute Gasteiger partial charge is 0.493 e. The number of nitrogens with one attached hydrogen (secondary N) is 1. The molecule has 31 heavy (non-hydrogen) atoms. The Morgan fingerprint density at radius 1 is 0.968 bits per heavy atom. The number of hydrogen-bond donors (Lipinski definition) is 1. The van der Waals surface area contributed by atoms with Crippen molar-refractivity contribution in [3.63, 3.8) is 0 Å². The van der Waals surface area contributed by atoms with Crippen molar-refractivity contribution in [1.29, 1.82) is 0 Å². The first-order chi connectivity index (χ1) is 14.9. The van der Waals surface area contributed by atoms with Crippen LogP contribution >= 0.6 is 0 Å². The molecule has 168 valence electrons. The van der Waals surface area contributed by atoms with Crippen LogP contribution < -0.4 is 19.7 Å². The van der Waals surface area contributed by atoms with Crippen LogP contribution in [0.25, 0.3) is 0 Å². The second-order valence-electron chi connectivity index (χ2n) is 7.22. The summed E-state index contributed by atoms with van der Waals surface area (Å²) in [6, 6.07) is 14.9. The molecule has 2 aromatic carbocycles. The van der Waals surface area contributed by atoms with E-state index in [1.165, 1.54) is 14.2 Å². The Kier molecular flexibility index (Phi) is 7.75. The van der Waals surface area contributed by atoms with Gasteiger partial charge in [0.2, 0.25) is 10.0 Å². The summed E-state index contributed by atoms with van der Waals surface area (Å²) >= 11 is 0. The molecule has 3 rings (SSSR count). The molecule has 0 aromatic heterocycles. The maximum atomic E-state index is 12.7. The SMILES string of the molecule is COc1ccc(C(=O)NCCCS(=O)(=O)N2CCN(c3ccccc3)CC2)cc1OC. The Morgan fingerprint density at radius 2 is 1.65 bits per heavy atom. The molecule has 9 heteroatoms. The van der Waals surface area contributed by atoms with Crippen molar-refractivity contribution in [1.82, 2.24) is 9.62 Å². The van der Waals surface area contributed by atoms with Gasteiger partial charge < -0.3 is 19.7 Å². The number of benzene rings is 2. The maximum Gasteiger partial charge on any atom is 0.251 e. The first-order valence-corrected chi connectivity index (χ1v) is 11.8. The minimum atomic E-state index is -3.35. The van der Waals surface area contributed by atoms with Gasteiger partial charge in [-0.2, -0.15) is 4.31 Å². The van der Waals surface area contributed by atoms with Gasteiger partial charge in [0.05, 0.1) is 20.0 Å². The monoisotopic (exact) mass is 447 g/mol. The Morgan fingerprint density at radius 3 is 2.29 bits per heavy atom. The number of carbonyl (C=O) groups is 1. The van der Waals surface area contributed by atoms with E-state index in [-0.39, 0.29) is 18.2 Å². The smallest absolute Gasteiger partial charge is 0.251 e. The number of carbonyl (C=O) groups excluding carboxylic acids is 1. The van der Waals surface area contributed by atoms with Gasteiger partial charge in [0.15, 0.2) is 11.5 Å². The van der Waals surface area contributed by atoms with Gasteiger partial charge >= 0.3 is 0 Å². The van der Waals surface area contributed by atoms with Crippen LogP contribution in [0.1, 0.15) is 16.8 Å². The van der Waals surface area contributed by atoms with Gasteiger partial charge in [0, 0.05) is 44.0 Å². The molecule has 0 bridgehead atoms. The lowest BCUT2D eigenvalue weighted by Crippen LogP contribution is -2.49. The molecule has 0 unspecified atom stereocenters. The fourth-order valence-corrected chi connectivity index (χ4v) is 5.02. The lowest BCUT2D eigenvalue weighted by molar-refractivity contribution is 0.0953. The Bertz CT molecular complexity index is 974. The third kappa shape index (κ3) is 5.89. The number of rotatable bonds is 9. The second kappa shape index (κ2) is 10.5. The number of methoxy groups -OCH3 is 2. The molecular formula is C22H29N3O5S. The molecule has 1 N–H and O–H groups in total. The highest BCUT2D eigenvalue weighted by atomic mass is 32.2. The van der Waals surface area contributed by atoms with Gasteiger partial charge in [-0.3, -0.25) is 4.79 Å². The molecule has 1 saturated heterocycles. The first kappa shape index (κ1) is 22.9. The van der Waals surface area contributed by atoms with Gasteiger partial charge in [-0.1, -0.05) is 18.2 Å². The number of amides is 1. The van der Waals surface area contributed by atoms with Crippen molar-refractivity contribution in [2.45, 2.75) is 6.42 Å². The van der Waals surface area contributed by atoms with E-state index in [0.717, 1.165) is 5.69 Å². The predicted molar refractivity (Wildman–Crippen MR) is 121 cm³/mol. The van der Waals surface area contributed by atoms with Crippen molar-refractivity contribution >= 4 is 21.6 Å². The average molecular weight is 448 g/mol. The predicted octanol–water partition coefficient (Wildman–Crippen LogP) is 1.98. The molecule has 0 spiro atoms. The molecule has 8 nitrogen and oxygen atoms in total. The number of anilines is 1. The summed E-state index contributed by atoms with van der Waals surface area (Å²) in [5.74, 6) is 0.726. The van der Waals surface area contributed by atoms with Crippen molar-refractivity contribution in [3.05, 3.63) is 54.1 Å². The summed E-state index contributed by atoms with van der Waals surface area (Å²) in [5, 5.41) is 2.77. The zero-order valence-corrected chi connectivity index (χ0v) is 18.7. The summed E-state index contributed by atoms with van der Waals surface area (Å²) in [7, 11) is -0.321. The number of hydrogen-bond acceptors (Lipinski definition) is 6. The first-order valence-electron chi connectivity index (χ1n) is 10.2. The van der Waals surface area contributed by atoms with Crippen LogP contribution in [0.15, 0.2) is 48.5 Å². The summed E-state index contributed by atoms with van der Waals surface area (Å²) in [6.45, 7) is 2.54. The van der Waals surface area contributed by atoms with Crippen molar-refractivity contribution < 1.29 is 22.7 Å². The van der Waals surface area contributed by atoms with Gasteiger partial charge in [-0.25, -0.2) is 8.42 Å². The van der Waals surface area contributed by atoms with E-state index < -0.39 is 10.0 Å².